The van der Waals surface area contributed by atoms with Gasteiger partial charge in [-0.15, -0.1) is 11.6 Å². The summed E-state index contributed by atoms with van der Waals surface area (Å²) in [6, 6.07) is 0.247. The molecule has 0 aliphatic carbocycles. The molecule has 0 spiro atoms. The molecule has 0 bridgehead atoms. The maximum absolute atomic E-state index is 11.6. The Bertz CT molecular complexity index is 632. The fourth-order valence-corrected chi connectivity index (χ4v) is 3.22. The maximum Gasteiger partial charge on any atom is 0.498 e. The Kier molecular flexibility index (Phi) is 5.46. The molecule has 3 heterocycles. The Hall–Kier alpha value is -1.38. The van der Waals surface area contributed by atoms with Crippen LogP contribution in [0.25, 0.3) is 0 Å². The average molecular weight is 381 g/mol. The van der Waals surface area contributed by atoms with Gasteiger partial charge in [0.1, 0.15) is 5.88 Å². The van der Waals surface area contributed by atoms with E-state index < -0.39 is 7.12 Å². The van der Waals surface area contributed by atoms with E-state index in [0.29, 0.717) is 19.0 Å². The van der Waals surface area contributed by atoms with Crippen molar-refractivity contribution in [3.63, 3.8) is 0 Å². The second-order valence-electron chi connectivity index (χ2n) is 7.86. The number of halogens is 1. The molecule has 0 atom stereocenters. The van der Waals surface area contributed by atoms with E-state index in [2.05, 4.69) is 15.3 Å². The van der Waals surface area contributed by atoms with Crippen molar-refractivity contribution in [1.82, 2.24) is 14.9 Å². The molecule has 9 heteroatoms. The number of rotatable bonds is 4. The topological polar surface area (TPSA) is 76.6 Å². The lowest BCUT2D eigenvalue weighted by atomic mass is 9.81. The number of aromatic nitrogens is 2. The number of nitrogens with zero attached hydrogens (tertiary/aromatic N) is 3. The summed E-state index contributed by atoms with van der Waals surface area (Å²) in [6.45, 7) is 9.48. The number of anilines is 1. The first-order chi connectivity index (χ1) is 12.2. The number of amides is 1. The van der Waals surface area contributed by atoms with Crippen LogP contribution in [0.15, 0.2) is 12.4 Å². The number of alkyl halides is 1. The van der Waals surface area contributed by atoms with Gasteiger partial charge in [0.15, 0.2) is 0 Å². The lowest BCUT2D eigenvalue weighted by Gasteiger charge is -2.32. The highest BCUT2D eigenvalue weighted by Gasteiger charge is 2.51. The van der Waals surface area contributed by atoms with Crippen LogP contribution in [-0.2, 0) is 14.1 Å². The highest BCUT2D eigenvalue weighted by Crippen LogP contribution is 2.36. The van der Waals surface area contributed by atoms with Gasteiger partial charge in [0, 0.05) is 37.0 Å². The summed E-state index contributed by atoms with van der Waals surface area (Å²) in [5, 5.41) is 3.33. The number of hydrogen-bond donors (Lipinski definition) is 1. The van der Waals surface area contributed by atoms with Crippen LogP contribution in [0.3, 0.4) is 0 Å². The minimum atomic E-state index is -0.459. The smallest absolute Gasteiger partial charge is 0.399 e. The monoisotopic (exact) mass is 380 g/mol. The second kappa shape index (κ2) is 7.33. The number of carbonyl (C=O) groups excluding carboxylic acids is 1. The Morgan fingerprint density at radius 3 is 2.27 bits per heavy atom. The maximum atomic E-state index is 11.6. The molecule has 142 valence electrons. The molecule has 3 rings (SSSR count). The van der Waals surface area contributed by atoms with Crippen molar-refractivity contribution in [3.05, 3.63) is 12.4 Å². The quantitative estimate of drug-likeness (QED) is 0.629. The van der Waals surface area contributed by atoms with Gasteiger partial charge in [-0.2, -0.15) is 0 Å². The number of piperidine rings is 1. The van der Waals surface area contributed by atoms with Crippen molar-refractivity contribution < 1.29 is 14.1 Å². The summed E-state index contributed by atoms with van der Waals surface area (Å²) in [7, 11) is -0.459. The van der Waals surface area contributed by atoms with Crippen molar-refractivity contribution in [2.75, 3.05) is 24.3 Å². The van der Waals surface area contributed by atoms with Crippen molar-refractivity contribution in [2.45, 2.75) is 57.8 Å². The van der Waals surface area contributed by atoms with Crippen LogP contribution in [0.4, 0.5) is 5.95 Å². The minimum absolute atomic E-state index is 0.00636. The third kappa shape index (κ3) is 3.97. The summed E-state index contributed by atoms with van der Waals surface area (Å²) in [5.74, 6) is 0.613. The van der Waals surface area contributed by atoms with Gasteiger partial charge in [0.25, 0.3) is 0 Å². The summed E-state index contributed by atoms with van der Waals surface area (Å²) in [5.41, 5.74) is 0.0308. The zero-order valence-electron chi connectivity index (χ0n) is 15.8. The summed E-state index contributed by atoms with van der Waals surface area (Å²) in [4.78, 5) is 22.2. The van der Waals surface area contributed by atoms with Crippen molar-refractivity contribution in [2.24, 2.45) is 0 Å². The standard InChI is InChI=1S/C17H26BClN4O3/c1-16(2)17(3,4)26-18(25-16)12-10-20-15(21-11-12)22-13-5-7-23(8-6-13)14(24)9-19/h10-11,13H,5-9H2,1-4H3,(H,20,21,22). The zero-order valence-corrected chi connectivity index (χ0v) is 16.5. The molecule has 0 unspecified atom stereocenters. The Balaban J connectivity index is 1.55. The molecular formula is C17H26BClN4O3. The molecule has 1 aromatic rings. The lowest BCUT2D eigenvalue weighted by molar-refractivity contribution is -0.129. The van der Waals surface area contributed by atoms with Gasteiger partial charge >= 0.3 is 7.12 Å². The van der Waals surface area contributed by atoms with Gasteiger partial charge in [-0.1, -0.05) is 0 Å². The first kappa shape index (κ1) is 19.4. The Morgan fingerprint density at radius 2 is 1.77 bits per heavy atom. The molecule has 2 aliphatic heterocycles. The van der Waals surface area contributed by atoms with Crippen LogP contribution in [0, 0.1) is 0 Å². The summed E-state index contributed by atoms with van der Waals surface area (Å²) < 4.78 is 12.0. The molecule has 0 aromatic carbocycles. The van der Waals surface area contributed by atoms with Crippen LogP contribution in [0.1, 0.15) is 40.5 Å². The van der Waals surface area contributed by atoms with Gasteiger partial charge in [-0.3, -0.25) is 4.79 Å². The van der Waals surface area contributed by atoms with Crippen molar-refractivity contribution in [1.29, 1.82) is 0 Å². The molecule has 1 N–H and O–H groups in total. The molecule has 7 nitrogen and oxygen atoms in total. The highest BCUT2D eigenvalue weighted by atomic mass is 35.5. The largest absolute Gasteiger partial charge is 0.498 e. The van der Waals surface area contributed by atoms with Crippen LogP contribution < -0.4 is 10.8 Å². The van der Waals surface area contributed by atoms with Gasteiger partial charge < -0.3 is 19.5 Å². The molecule has 1 amide bonds. The predicted molar refractivity (Wildman–Crippen MR) is 102 cm³/mol. The normalized spacial score (nSPS) is 22.5. The van der Waals surface area contributed by atoms with E-state index in [-0.39, 0.29) is 29.0 Å². The molecule has 0 radical (unpaired) electrons. The molecular weight excluding hydrogens is 354 g/mol. The van der Waals surface area contributed by atoms with E-state index in [1.165, 1.54) is 0 Å². The number of hydrogen-bond acceptors (Lipinski definition) is 6. The zero-order chi connectivity index (χ0) is 18.9. The minimum Gasteiger partial charge on any atom is -0.399 e. The first-order valence-corrected chi connectivity index (χ1v) is 9.53. The van der Waals surface area contributed by atoms with Crippen LogP contribution in [0.5, 0.6) is 0 Å². The van der Waals surface area contributed by atoms with Gasteiger partial charge in [-0.05, 0) is 40.5 Å². The average Bonchev–Trinajstić information content (AvgIpc) is 2.83. The van der Waals surface area contributed by atoms with Gasteiger partial charge in [0.05, 0.1) is 11.2 Å². The van der Waals surface area contributed by atoms with Crippen molar-refractivity contribution in [3.8, 4) is 0 Å². The molecule has 0 saturated carbocycles. The predicted octanol–water partition coefficient (Wildman–Crippen LogP) is 1.42. The van der Waals surface area contributed by atoms with Crippen LogP contribution in [0.2, 0.25) is 0 Å². The van der Waals surface area contributed by atoms with E-state index in [1.807, 2.05) is 27.7 Å². The Labute approximate surface area is 159 Å². The fourth-order valence-electron chi connectivity index (χ4n) is 3.05. The SMILES string of the molecule is CC1(C)OB(c2cnc(NC3CCN(C(=O)CCl)CC3)nc2)OC1(C)C. The van der Waals surface area contributed by atoms with E-state index >= 15 is 0 Å². The fraction of sp³-hybridized carbons (Fsp3) is 0.706. The Morgan fingerprint density at radius 1 is 1.23 bits per heavy atom. The number of carbonyl (C=O) groups is 1. The molecule has 2 aliphatic rings. The molecule has 1 aromatic heterocycles. The first-order valence-electron chi connectivity index (χ1n) is 9.00. The third-order valence-corrected chi connectivity index (χ3v) is 5.72. The lowest BCUT2D eigenvalue weighted by Crippen LogP contribution is -2.43. The molecule has 2 fully saturated rings. The van der Waals surface area contributed by atoms with E-state index in [4.69, 9.17) is 20.9 Å². The van der Waals surface area contributed by atoms with E-state index in [9.17, 15) is 4.79 Å². The van der Waals surface area contributed by atoms with E-state index in [1.54, 1.807) is 17.3 Å². The van der Waals surface area contributed by atoms with Gasteiger partial charge in [-0.25, -0.2) is 9.97 Å². The van der Waals surface area contributed by atoms with Crippen LogP contribution >= 0.6 is 11.6 Å². The summed E-state index contributed by atoms with van der Waals surface area (Å²) in [6.07, 6.45) is 5.18. The number of nitrogens with one attached hydrogen (secondary N) is 1. The third-order valence-electron chi connectivity index (χ3n) is 5.49. The van der Waals surface area contributed by atoms with Gasteiger partial charge in [0.2, 0.25) is 11.9 Å². The molecule has 2 saturated heterocycles. The molecule has 26 heavy (non-hydrogen) atoms. The number of likely N-dealkylation sites (tertiary alicyclic amines) is 1. The van der Waals surface area contributed by atoms with E-state index in [0.717, 1.165) is 18.3 Å². The highest BCUT2D eigenvalue weighted by molar-refractivity contribution is 6.61. The van der Waals surface area contributed by atoms with Crippen molar-refractivity contribution >= 4 is 36.0 Å². The van der Waals surface area contributed by atoms with Crippen LogP contribution in [-0.4, -0.2) is 64.1 Å². The second-order valence-corrected chi connectivity index (χ2v) is 8.13. The summed E-state index contributed by atoms with van der Waals surface area (Å²) >= 11 is 5.61.